The number of unbranched alkanes of at least 4 members (excludes halogenated alkanes) is 2. The Morgan fingerprint density at radius 1 is 1.18 bits per heavy atom. The summed E-state index contributed by atoms with van der Waals surface area (Å²) in [6, 6.07) is 8.70. The lowest BCUT2D eigenvalue weighted by molar-refractivity contribution is -0.139. The van der Waals surface area contributed by atoms with Gasteiger partial charge >= 0.3 is 0 Å². The molecule has 7 nitrogen and oxygen atoms in total. The number of aliphatic hydroxyl groups is 1. The first-order valence-corrected chi connectivity index (χ1v) is 13.1. The number of benzene rings is 1. The lowest BCUT2D eigenvalue weighted by Crippen LogP contribution is -2.56. The van der Waals surface area contributed by atoms with Crippen molar-refractivity contribution in [3.63, 3.8) is 0 Å². The molecular weight excluding hydrogens is 438 g/mol. The van der Waals surface area contributed by atoms with Crippen molar-refractivity contribution in [3.05, 3.63) is 30.3 Å². The lowest BCUT2D eigenvalue weighted by Gasteiger charge is -2.38. The molecule has 0 aliphatic carbocycles. The van der Waals surface area contributed by atoms with E-state index in [1.54, 1.807) is 16.7 Å². The summed E-state index contributed by atoms with van der Waals surface area (Å²) < 4.78 is -0.606. The van der Waals surface area contributed by atoms with Gasteiger partial charge in [0.15, 0.2) is 0 Å². The second-order valence-corrected chi connectivity index (χ2v) is 11.1. The van der Waals surface area contributed by atoms with Crippen LogP contribution < -0.4 is 10.6 Å². The van der Waals surface area contributed by atoms with E-state index in [4.69, 9.17) is 0 Å². The smallest absolute Gasteiger partial charge is 0.244 e. The zero-order chi connectivity index (χ0) is 23.6. The number of likely N-dealkylation sites (tertiary alicyclic amines) is 1. The summed E-state index contributed by atoms with van der Waals surface area (Å²) in [5.41, 5.74) is 0.713. The van der Waals surface area contributed by atoms with Crippen LogP contribution in [0.2, 0.25) is 0 Å². The number of carbonyl (C=O) groups excluding carboxylic acids is 3. The molecule has 3 fully saturated rings. The van der Waals surface area contributed by atoms with E-state index in [2.05, 4.69) is 24.5 Å². The van der Waals surface area contributed by atoms with E-state index in [-0.39, 0.29) is 35.5 Å². The molecule has 0 aromatic heterocycles. The monoisotopic (exact) mass is 473 g/mol. The molecule has 180 valence electrons. The number of aliphatic hydroxyl groups excluding tert-OH is 1. The van der Waals surface area contributed by atoms with Gasteiger partial charge in [-0.2, -0.15) is 0 Å². The quantitative estimate of drug-likeness (QED) is 0.454. The fourth-order valence-electron chi connectivity index (χ4n) is 6.03. The Balaban J connectivity index is 1.62. The Bertz CT molecular complexity index is 882. The molecular formula is C25H35N3O4S. The van der Waals surface area contributed by atoms with Crippen molar-refractivity contribution in [2.75, 3.05) is 25.0 Å². The highest BCUT2D eigenvalue weighted by molar-refractivity contribution is 8.02. The van der Waals surface area contributed by atoms with Crippen LogP contribution in [0.1, 0.15) is 46.0 Å². The van der Waals surface area contributed by atoms with E-state index in [1.807, 2.05) is 30.3 Å². The maximum Gasteiger partial charge on any atom is 0.244 e. The third-order valence-electron chi connectivity index (χ3n) is 7.47. The third kappa shape index (κ3) is 4.16. The van der Waals surface area contributed by atoms with Gasteiger partial charge in [-0.1, -0.05) is 44.9 Å². The molecule has 6 atom stereocenters. The van der Waals surface area contributed by atoms with Crippen molar-refractivity contribution < 1.29 is 19.5 Å². The second kappa shape index (κ2) is 10.1. The summed E-state index contributed by atoms with van der Waals surface area (Å²) in [5, 5.41) is 15.5. The lowest BCUT2D eigenvalue weighted by atomic mass is 9.66. The van der Waals surface area contributed by atoms with Crippen LogP contribution in [0.5, 0.6) is 0 Å². The van der Waals surface area contributed by atoms with E-state index in [1.165, 1.54) is 0 Å². The van der Waals surface area contributed by atoms with Gasteiger partial charge in [0.25, 0.3) is 0 Å². The summed E-state index contributed by atoms with van der Waals surface area (Å²) in [4.78, 5) is 42.3. The molecule has 3 N–H and O–H groups in total. The third-order valence-corrected chi connectivity index (χ3v) is 9.55. The van der Waals surface area contributed by atoms with Gasteiger partial charge in [-0.15, -0.1) is 11.8 Å². The fourth-order valence-corrected chi connectivity index (χ4v) is 8.45. The molecule has 1 aromatic carbocycles. The number of para-hydroxylation sites is 1. The maximum atomic E-state index is 13.8. The molecule has 3 heterocycles. The van der Waals surface area contributed by atoms with Crippen molar-refractivity contribution in [2.45, 2.75) is 62.0 Å². The Morgan fingerprint density at radius 2 is 1.94 bits per heavy atom. The SMILES string of the molecule is CCCCCNC(=O)C1N(CCCO)C(=O)[C@@H]2[C@H](C(=O)Nc3ccccc3)[C@@H]3CC(C)C12S3. The number of nitrogens with zero attached hydrogens (tertiary/aromatic N) is 1. The molecule has 4 rings (SSSR count). The summed E-state index contributed by atoms with van der Waals surface area (Å²) in [6.07, 6.45) is 4.25. The van der Waals surface area contributed by atoms with Crippen LogP contribution in [0.15, 0.2) is 30.3 Å². The molecule has 2 bridgehead atoms. The van der Waals surface area contributed by atoms with Crippen LogP contribution in [0.25, 0.3) is 0 Å². The van der Waals surface area contributed by atoms with Crippen molar-refractivity contribution in [3.8, 4) is 0 Å². The molecule has 3 aliphatic heterocycles. The molecule has 8 heteroatoms. The summed E-state index contributed by atoms with van der Waals surface area (Å²) in [6.45, 7) is 5.10. The topological polar surface area (TPSA) is 98.7 Å². The van der Waals surface area contributed by atoms with Crippen LogP contribution in [0.4, 0.5) is 5.69 Å². The van der Waals surface area contributed by atoms with E-state index in [9.17, 15) is 19.5 Å². The van der Waals surface area contributed by atoms with Gasteiger partial charge in [-0.05, 0) is 37.3 Å². The predicted octanol–water partition coefficient (Wildman–Crippen LogP) is 2.65. The van der Waals surface area contributed by atoms with Gasteiger partial charge in [-0.25, -0.2) is 0 Å². The van der Waals surface area contributed by atoms with Crippen LogP contribution >= 0.6 is 11.8 Å². The van der Waals surface area contributed by atoms with Crippen LogP contribution in [0, 0.1) is 17.8 Å². The molecule has 3 unspecified atom stereocenters. The van der Waals surface area contributed by atoms with Gasteiger partial charge in [0.2, 0.25) is 17.7 Å². The molecule has 3 saturated heterocycles. The van der Waals surface area contributed by atoms with Gasteiger partial charge in [-0.3, -0.25) is 14.4 Å². The first-order chi connectivity index (χ1) is 16.0. The molecule has 0 saturated carbocycles. The minimum absolute atomic E-state index is 0.0213. The van der Waals surface area contributed by atoms with Gasteiger partial charge in [0, 0.05) is 30.6 Å². The van der Waals surface area contributed by atoms with Gasteiger partial charge < -0.3 is 20.6 Å². The van der Waals surface area contributed by atoms with Gasteiger partial charge in [0.05, 0.1) is 16.6 Å². The highest BCUT2D eigenvalue weighted by Crippen LogP contribution is 2.68. The average molecular weight is 474 g/mol. The standard InChI is InChI=1S/C25H35N3O4S/c1-3-4-8-12-26-23(31)21-25-16(2)15-18(33-25)19(20(25)24(32)28(21)13-9-14-29)22(30)27-17-10-6-5-7-11-17/h5-7,10-11,16,18-21,29H,3-4,8-9,12-15H2,1-2H3,(H,26,31)(H,27,30)/t16?,18-,19+,20-,21?,25?/m0/s1. The Morgan fingerprint density at radius 3 is 2.64 bits per heavy atom. The number of thioether (sulfide) groups is 1. The minimum atomic E-state index is -0.609. The second-order valence-electron chi connectivity index (χ2n) is 9.51. The molecule has 3 amide bonds. The number of anilines is 1. The van der Waals surface area contributed by atoms with Gasteiger partial charge in [0.1, 0.15) is 6.04 Å². The number of hydrogen-bond donors (Lipinski definition) is 3. The predicted molar refractivity (Wildman–Crippen MR) is 130 cm³/mol. The highest BCUT2D eigenvalue weighted by Gasteiger charge is 2.75. The van der Waals surface area contributed by atoms with E-state index in [0.29, 0.717) is 25.2 Å². The van der Waals surface area contributed by atoms with E-state index < -0.39 is 22.6 Å². The Kier molecular flexibility index (Phi) is 7.34. The molecule has 1 aromatic rings. The van der Waals surface area contributed by atoms with Crippen molar-refractivity contribution in [1.29, 1.82) is 0 Å². The Labute approximate surface area is 200 Å². The number of fused-ring (bicyclic) bond motifs is 1. The minimum Gasteiger partial charge on any atom is -0.396 e. The number of hydrogen-bond acceptors (Lipinski definition) is 5. The molecule has 3 aliphatic rings. The summed E-state index contributed by atoms with van der Waals surface area (Å²) in [5.74, 6) is -1.22. The van der Waals surface area contributed by atoms with Crippen LogP contribution in [0.3, 0.4) is 0 Å². The summed E-state index contributed by atoms with van der Waals surface area (Å²) in [7, 11) is 0. The first-order valence-electron chi connectivity index (χ1n) is 12.2. The van der Waals surface area contributed by atoms with Crippen molar-refractivity contribution in [2.24, 2.45) is 17.8 Å². The highest BCUT2D eigenvalue weighted by atomic mass is 32.2. The zero-order valence-corrected chi connectivity index (χ0v) is 20.3. The number of amides is 3. The average Bonchev–Trinajstić information content (AvgIpc) is 3.39. The molecule has 0 radical (unpaired) electrons. The fraction of sp³-hybridized carbons (Fsp3) is 0.640. The van der Waals surface area contributed by atoms with Crippen molar-refractivity contribution in [1.82, 2.24) is 10.2 Å². The number of rotatable bonds is 10. The van der Waals surface area contributed by atoms with Crippen LogP contribution in [-0.4, -0.2) is 63.5 Å². The summed E-state index contributed by atoms with van der Waals surface area (Å²) >= 11 is 1.68. The molecule has 33 heavy (non-hydrogen) atoms. The Hall–Kier alpha value is -2.06. The zero-order valence-electron chi connectivity index (χ0n) is 19.5. The maximum absolute atomic E-state index is 13.8. The molecule has 1 spiro atoms. The van der Waals surface area contributed by atoms with E-state index >= 15 is 0 Å². The number of carbonyl (C=O) groups is 3. The normalized spacial score (nSPS) is 32.2. The van der Waals surface area contributed by atoms with Crippen LogP contribution in [-0.2, 0) is 14.4 Å². The number of nitrogens with one attached hydrogen (secondary N) is 2. The largest absolute Gasteiger partial charge is 0.396 e. The van der Waals surface area contributed by atoms with E-state index in [0.717, 1.165) is 25.7 Å². The first kappa shape index (κ1) is 24.1. The van der Waals surface area contributed by atoms with Crippen molar-refractivity contribution >= 4 is 35.2 Å².